The number of carbonyl (C=O) groups is 3. The quantitative estimate of drug-likeness (QED) is 0.193. The second-order valence-corrected chi connectivity index (χ2v) is 18.0. The summed E-state index contributed by atoms with van der Waals surface area (Å²) in [5.41, 5.74) is -0.0554. The zero-order chi connectivity index (χ0) is 40.9. The maximum absolute atomic E-state index is 15.3. The zero-order valence-electron chi connectivity index (χ0n) is 34.9. The van der Waals surface area contributed by atoms with Gasteiger partial charge >= 0.3 is 17.9 Å². The largest absolute Gasteiger partial charge is 0.496 e. The van der Waals surface area contributed by atoms with Crippen LogP contribution in [0, 0.1) is 17.3 Å². The molecule has 310 valence electrons. The number of rotatable bonds is 7. The van der Waals surface area contributed by atoms with Crippen LogP contribution < -0.4 is 9.64 Å². The number of hydrogen-bond acceptors (Lipinski definition) is 11. The predicted molar refractivity (Wildman–Crippen MR) is 219 cm³/mol. The predicted octanol–water partition coefficient (Wildman–Crippen LogP) is 4.88. The fraction of sp³-hybridized carbons (Fsp3) is 0.587. The van der Waals surface area contributed by atoms with Crippen molar-refractivity contribution in [2.45, 2.75) is 93.9 Å². The number of likely N-dealkylation sites (N-methyl/N-ethyl adjacent to an activating group) is 1. The lowest BCUT2D eigenvalue weighted by molar-refractivity contribution is -0.228. The summed E-state index contributed by atoms with van der Waals surface area (Å²) in [6, 6.07) is 11.3. The average Bonchev–Trinajstić information content (AvgIpc) is 3.89. The molecule has 2 aromatic carbocycles. The van der Waals surface area contributed by atoms with Gasteiger partial charge < -0.3 is 38.8 Å². The highest BCUT2D eigenvalue weighted by molar-refractivity contribution is 5.95. The molecule has 1 aromatic heterocycles. The summed E-state index contributed by atoms with van der Waals surface area (Å²) in [6.45, 7) is 9.79. The van der Waals surface area contributed by atoms with E-state index in [0.717, 1.165) is 72.3 Å². The van der Waals surface area contributed by atoms with Crippen LogP contribution in [0.15, 0.2) is 48.6 Å². The van der Waals surface area contributed by atoms with Crippen LogP contribution in [-0.2, 0) is 45.8 Å². The highest BCUT2D eigenvalue weighted by Gasteiger charge is 2.80. The highest BCUT2D eigenvalue weighted by Crippen LogP contribution is 2.68. The van der Waals surface area contributed by atoms with Crippen LogP contribution in [-0.4, -0.2) is 123 Å². The number of benzene rings is 2. The molecule has 9 rings (SSSR count). The lowest BCUT2D eigenvalue weighted by Crippen LogP contribution is -2.81. The van der Waals surface area contributed by atoms with Crippen molar-refractivity contribution in [1.82, 2.24) is 14.8 Å². The molecule has 0 amide bonds. The molecule has 5 aliphatic heterocycles. The number of para-hydroxylation sites is 1. The number of aromatic nitrogens is 1. The topological polar surface area (TPSA) is 134 Å². The van der Waals surface area contributed by atoms with Gasteiger partial charge in [0.05, 0.1) is 27.4 Å². The van der Waals surface area contributed by atoms with Crippen molar-refractivity contribution in [2.24, 2.45) is 17.3 Å². The SMILES string of the molecule is CC[C@@H]1C[C@@H]2CN(CCc3c([nH]c4ccccc34)[C@@](C(=O)OC)(c3cc4c(cc3OC)N(C)C3[C@]45CCN4CC=C[C@@](CC)([C@@H](OC(C)=O)[C@]3(O)C(=O)OC)[C@H]45)C2)C1. The molecular weight excluding hydrogens is 737 g/mol. The van der Waals surface area contributed by atoms with Crippen LogP contribution in [0.4, 0.5) is 5.69 Å². The third-order valence-corrected chi connectivity index (χ3v) is 15.5. The van der Waals surface area contributed by atoms with E-state index in [2.05, 4.69) is 58.1 Å². The first-order valence-electron chi connectivity index (χ1n) is 21.2. The van der Waals surface area contributed by atoms with Crippen molar-refractivity contribution in [2.75, 3.05) is 66.0 Å². The van der Waals surface area contributed by atoms with Gasteiger partial charge in [-0.3, -0.25) is 14.5 Å². The molecule has 6 aliphatic rings. The minimum Gasteiger partial charge on any atom is -0.496 e. The summed E-state index contributed by atoms with van der Waals surface area (Å²) < 4.78 is 24.0. The molecule has 1 aliphatic carbocycles. The molecule has 3 aromatic rings. The lowest BCUT2D eigenvalue weighted by Gasteiger charge is -2.63. The van der Waals surface area contributed by atoms with Crippen LogP contribution in [0.3, 0.4) is 0 Å². The van der Waals surface area contributed by atoms with Gasteiger partial charge in [-0.25, -0.2) is 4.79 Å². The summed E-state index contributed by atoms with van der Waals surface area (Å²) in [6.07, 6.45) is 7.33. The second kappa shape index (κ2) is 13.8. The Kier molecular flexibility index (Phi) is 9.33. The van der Waals surface area contributed by atoms with Gasteiger partial charge in [0.15, 0.2) is 6.10 Å². The molecule has 2 bridgehead atoms. The molecule has 12 heteroatoms. The van der Waals surface area contributed by atoms with Gasteiger partial charge in [-0.1, -0.05) is 50.6 Å². The summed E-state index contributed by atoms with van der Waals surface area (Å²) in [5, 5.41) is 14.4. The van der Waals surface area contributed by atoms with Crippen molar-refractivity contribution < 1.29 is 38.4 Å². The summed E-state index contributed by atoms with van der Waals surface area (Å²) in [5.74, 6) is -0.578. The number of carbonyl (C=O) groups excluding carboxylic acids is 3. The Labute approximate surface area is 340 Å². The van der Waals surface area contributed by atoms with E-state index in [1.165, 1.54) is 21.1 Å². The van der Waals surface area contributed by atoms with E-state index in [1.807, 2.05) is 31.0 Å². The third kappa shape index (κ3) is 5.00. The minimum absolute atomic E-state index is 0.184. The molecule has 2 unspecified atom stereocenters. The van der Waals surface area contributed by atoms with Gasteiger partial charge in [0.2, 0.25) is 5.60 Å². The van der Waals surface area contributed by atoms with E-state index in [4.69, 9.17) is 18.9 Å². The summed E-state index contributed by atoms with van der Waals surface area (Å²) in [7, 11) is 6.28. The standard InChI is InChI=1S/C46H58N4O8/c1-8-28-21-29-24-45(41(52)56-6,37-31(15-19-49(25-28)26-29)30-13-10-11-14-34(30)47-37)33-22-32-35(23-36(33)55-5)48(4)39-44(32)17-20-50-18-12-16-43(9-2,38(44)50)40(58-27(3)51)46(39,54)42(53)57-7/h10-14,16,22-23,28-29,38-40,47,54H,8-9,15,17-21,24-26H2,1-7H3/t28-,29+,38+,39?,40-,43-,44-,45+,46+/m1/s1. The number of fused-ring (bicyclic) bond motifs is 6. The molecule has 10 atom stereocenters. The average molecular weight is 795 g/mol. The van der Waals surface area contributed by atoms with Crippen LogP contribution >= 0.6 is 0 Å². The minimum atomic E-state index is -2.27. The molecule has 12 nitrogen and oxygen atoms in total. The van der Waals surface area contributed by atoms with E-state index in [0.29, 0.717) is 49.6 Å². The normalized spacial score (nSPS) is 36.1. The third-order valence-electron chi connectivity index (χ3n) is 15.5. The number of anilines is 1. The number of esters is 3. The van der Waals surface area contributed by atoms with E-state index in [9.17, 15) is 14.7 Å². The van der Waals surface area contributed by atoms with E-state index in [-0.39, 0.29) is 17.9 Å². The molecule has 3 fully saturated rings. The number of nitrogens with one attached hydrogen (secondary N) is 1. The first kappa shape index (κ1) is 39.1. The smallest absolute Gasteiger partial charge is 0.344 e. The fourth-order valence-corrected chi connectivity index (χ4v) is 13.5. The van der Waals surface area contributed by atoms with Crippen LogP contribution in [0.25, 0.3) is 10.9 Å². The Balaban J connectivity index is 1.36. The van der Waals surface area contributed by atoms with Gasteiger partial charge in [-0.15, -0.1) is 0 Å². The summed E-state index contributed by atoms with van der Waals surface area (Å²) >= 11 is 0. The lowest BCUT2D eigenvalue weighted by atomic mass is 9.47. The van der Waals surface area contributed by atoms with Crippen molar-refractivity contribution in [1.29, 1.82) is 0 Å². The van der Waals surface area contributed by atoms with Crippen LogP contribution in [0.1, 0.15) is 75.3 Å². The van der Waals surface area contributed by atoms with Gasteiger partial charge in [-0.05, 0) is 73.7 Å². The van der Waals surface area contributed by atoms with Gasteiger partial charge in [0, 0.05) is 90.9 Å². The van der Waals surface area contributed by atoms with Crippen molar-refractivity contribution in [3.8, 4) is 5.75 Å². The summed E-state index contributed by atoms with van der Waals surface area (Å²) in [4.78, 5) is 53.5. The Morgan fingerprint density at radius 3 is 2.47 bits per heavy atom. The molecule has 2 saturated heterocycles. The van der Waals surface area contributed by atoms with Crippen LogP contribution in [0.2, 0.25) is 0 Å². The van der Waals surface area contributed by atoms with E-state index < -0.39 is 45.9 Å². The monoisotopic (exact) mass is 794 g/mol. The number of hydrogen-bond donors (Lipinski definition) is 2. The van der Waals surface area contributed by atoms with Crippen LogP contribution in [0.5, 0.6) is 5.75 Å². The number of methoxy groups -OCH3 is 3. The Morgan fingerprint density at radius 1 is 0.983 bits per heavy atom. The first-order valence-corrected chi connectivity index (χ1v) is 21.2. The molecular formula is C46H58N4O8. The number of H-pyrrole nitrogens is 1. The molecule has 58 heavy (non-hydrogen) atoms. The second-order valence-electron chi connectivity index (χ2n) is 18.0. The first-order chi connectivity index (χ1) is 27.9. The van der Waals surface area contributed by atoms with E-state index >= 15 is 4.79 Å². The maximum Gasteiger partial charge on any atom is 0.344 e. The van der Waals surface area contributed by atoms with E-state index in [1.54, 1.807) is 7.11 Å². The molecule has 6 heterocycles. The maximum atomic E-state index is 15.3. The number of aliphatic hydroxyl groups is 1. The molecule has 1 spiro atoms. The van der Waals surface area contributed by atoms with Crippen molar-refractivity contribution in [3.63, 3.8) is 0 Å². The number of piperidine rings is 1. The molecule has 0 radical (unpaired) electrons. The fourth-order valence-electron chi connectivity index (χ4n) is 13.5. The molecule has 1 saturated carbocycles. The van der Waals surface area contributed by atoms with Crippen molar-refractivity contribution >= 4 is 34.5 Å². The Bertz CT molecular complexity index is 2200. The highest BCUT2D eigenvalue weighted by atomic mass is 16.6. The zero-order valence-corrected chi connectivity index (χ0v) is 34.9. The van der Waals surface area contributed by atoms with Crippen molar-refractivity contribution in [3.05, 3.63) is 70.9 Å². The van der Waals surface area contributed by atoms with Gasteiger partial charge in [0.25, 0.3) is 0 Å². The Hall–Kier alpha value is -4.39. The van der Waals surface area contributed by atoms with Gasteiger partial charge in [0.1, 0.15) is 11.2 Å². The number of ether oxygens (including phenoxy) is 4. The Morgan fingerprint density at radius 2 is 1.76 bits per heavy atom. The number of nitrogens with zero attached hydrogens (tertiary/aromatic N) is 3. The molecule has 2 N–H and O–H groups in total. The van der Waals surface area contributed by atoms with Gasteiger partial charge in [-0.2, -0.15) is 0 Å². The number of aromatic amines is 1.